The zero-order chi connectivity index (χ0) is 6.12. The number of halogens is 1. The molecular formula is C4H9ClN2S. The molecule has 0 aromatic rings. The second-order valence-electron chi connectivity index (χ2n) is 0.626. The normalized spacial score (nSPS) is 4.12. The van der Waals surface area contributed by atoms with Gasteiger partial charge in [-0.25, -0.2) is 5.41 Å². The first-order valence-electron chi connectivity index (χ1n) is 1.68. The van der Waals surface area contributed by atoms with Crippen LogP contribution in [0.15, 0.2) is 12.7 Å². The van der Waals surface area contributed by atoms with Gasteiger partial charge >= 0.3 is 0 Å². The Labute approximate surface area is 60.7 Å². The Hall–Kier alpha value is -0.210. The van der Waals surface area contributed by atoms with E-state index < -0.39 is 0 Å². The molecule has 0 fully saturated rings. The number of nitrogens with one attached hydrogen (secondary N) is 1. The van der Waals surface area contributed by atoms with E-state index in [9.17, 15) is 0 Å². The second kappa shape index (κ2) is 29.2. The predicted octanol–water partition coefficient (Wildman–Crippen LogP) is 1.22. The van der Waals surface area contributed by atoms with E-state index in [1.54, 1.807) is 11.2 Å². The molecule has 0 heterocycles. The molecule has 0 spiro atoms. The Morgan fingerprint density at radius 1 is 1.88 bits per heavy atom. The average Bonchev–Trinajstić information content (AvgIpc) is 1.69. The molecule has 0 saturated heterocycles. The minimum atomic E-state index is 0. The van der Waals surface area contributed by atoms with Crippen LogP contribution < -0.4 is 5.73 Å². The molecule has 0 unspecified atom stereocenters. The molecule has 0 atom stereocenters. The molecule has 0 aliphatic rings. The Morgan fingerprint density at radius 3 is 2.00 bits per heavy atom. The molecule has 8 heavy (non-hydrogen) atoms. The van der Waals surface area contributed by atoms with Crippen LogP contribution in [0.25, 0.3) is 0 Å². The van der Waals surface area contributed by atoms with Gasteiger partial charge in [-0.1, -0.05) is 6.08 Å². The molecule has 0 rings (SSSR count). The maximum absolute atomic E-state index is 5.77. The summed E-state index contributed by atoms with van der Waals surface area (Å²) in [6.45, 7) is 3.94. The summed E-state index contributed by atoms with van der Waals surface area (Å²) in [6.07, 6.45) is 1.65. The first-order valence-corrected chi connectivity index (χ1v) is 2.09. The van der Waals surface area contributed by atoms with Crippen LogP contribution in [0.1, 0.15) is 0 Å². The first kappa shape index (κ1) is 15.7. The molecule has 0 saturated carbocycles. The topological polar surface area (TPSA) is 49.9 Å². The van der Waals surface area contributed by atoms with E-state index in [1.165, 1.54) is 0 Å². The summed E-state index contributed by atoms with van der Waals surface area (Å²) in [5.74, 6) is 0. The van der Waals surface area contributed by atoms with Crippen molar-refractivity contribution in [2.75, 3.05) is 6.54 Å². The fourth-order valence-corrected chi connectivity index (χ4v) is 0. The van der Waals surface area contributed by atoms with Crippen LogP contribution in [0.5, 0.6) is 0 Å². The molecule has 4 heteroatoms. The third kappa shape index (κ3) is 213. The summed E-state index contributed by atoms with van der Waals surface area (Å²) in [5.41, 5.74) is 4.91. The Bertz CT molecular complexity index is 68.4. The van der Waals surface area contributed by atoms with Crippen molar-refractivity contribution in [3.05, 3.63) is 12.7 Å². The van der Waals surface area contributed by atoms with Gasteiger partial charge in [0.1, 0.15) is 0 Å². The standard InChI is InChI=1S/C3H7N.CHNS.ClH/c1-2-3-4;2-1-3;/h2H,1,3-4H2;2H;1H. The van der Waals surface area contributed by atoms with Gasteiger partial charge in [0, 0.05) is 6.54 Å². The van der Waals surface area contributed by atoms with Gasteiger partial charge in [-0.05, 0) is 12.2 Å². The molecule has 0 amide bonds. The van der Waals surface area contributed by atoms with Crippen molar-refractivity contribution < 1.29 is 0 Å². The van der Waals surface area contributed by atoms with Crippen LogP contribution in [0, 0.1) is 5.41 Å². The molecule has 0 aliphatic heterocycles. The second-order valence-corrected chi connectivity index (χ2v) is 0.831. The molecule has 0 bridgehead atoms. The lowest BCUT2D eigenvalue weighted by Crippen LogP contribution is -1.90. The lowest BCUT2D eigenvalue weighted by Gasteiger charge is -1.61. The maximum atomic E-state index is 5.77. The van der Waals surface area contributed by atoms with E-state index >= 15 is 0 Å². The van der Waals surface area contributed by atoms with Gasteiger partial charge in [-0.3, -0.25) is 0 Å². The van der Waals surface area contributed by atoms with Crippen LogP contribution in [-0.2, 0) is 0 Å². The zero-order valence-corrected chi connectivity index (χ0v) is 6.02. The largest absolute Gasteiger partial charge is 0.327 e. The van der Waals surface area contributed by atoms with Crippen LogP contribution in [-0.4, -0.2) is 11.7 Å². The third-order valence-electron chi connectivity index (χ3n) is 0.167. The molecule has 2 nitrogen and oxygen atoms in total. The summed E-state index contributed by atoms with van der Waals surface area (Å²) in [5, 5.41) is 7.36. The monoisotopic (exact) mass is 152 g/mol. The maximum Gasteiger partial charge on any atom is 0.0554 e. The molecule has 0 aliphatic carbocycles. The molecule has 0 aromatic carbocycles. The van der Waals surface area contributed by atoms with Crippen molar-refractivity contribution >= 4 is 29.8 Å². The molecular weight excluding hydrogens is 144 g/mol. The van der Waals surface area contributed by atoms with Gasteiger partial charge in [0.15, 0.2) is 0 Å². The van der Waals surface area contributed by atoms with Crippen molar-refractivity contribution in [1.29, 1.82) is 5.41 Å². The Kier molecular flexibility index (Phi) is 57.2. The van der Waals surface area contributed by atoms with Crippen molar-refractivity contribution in [1.82, 2.24) is 0 Å². The summed E-state index contributed by atoms with van der Waals surface area (Å²) in [7, 11) is 0. The Morgan fingerprint density at radius 2 is 2.00 bits per heavy atom. The van der Waals surface area contributed by atoms with Crippen LogP contribution >= 0.6 is 24.6 Å². The van der Waals surface area contributed by atoms with E-state index in [-0.39, 0.29) is 12.4 Å². The predicted molar refractivity (Wildman–Crippen MR) is 41.8 cm³/mol. The van der Waals surface area contributed by atoms with Gasteiger partial charge in [0.2, 0.25) is 0 Å². The highest BCUT2D eigenvalue weighted by molar-refractivity contribution is 7.78. The minimum absolute atomic E-state index is 0. The number of rotatable bonds is 1. The summed E-state index contributed by atoms with van der Waals surface area (Å²) in [6, 6.07) is 0. The summed E-state index contributed by atoms with van der Waals surface area (Å²) >= 11 is 3.81. The van der Waals surface area contributed by atoms with E-state index in [0.29, 0.717) is 6.54 Å². The van der Waals surface area contributed by atoms with Crippen LogP contribution in [0.2, 0.25) is 0 Å². The van der Waals surface area contributed by atoms with Crippen LogP contribution in [0.3, 0.4) is 0 Å². The number of thiocarbonyl (C=S) groups is 1. The third-order valence-corrected chi connectivity index (χ3v) is 0.167. The highest BCUT2D eigenvalue weighted by Crippen LogP contribution is 1.40. The average molecular weight is 153 g/mol. The summed E-state index contributed by atoms with van der Waals surface area (Å²) < 4.78 is 0. The smallest absolute Gasteiger partial charge is 0.0554 e. The van der Waals surface area contributed by atoms with E-state index in [4.69, 9.17) is 11.1 Å². The number of hydrogen-bond acceptors (Lipinski definition) is 3. The summed E-state index contributed by atoms with van der Waals surface area (Å²) in [4.78, 5) is 0. The minimum Gasteiger partial charge on any atom is -0.327 e. The number of nitrogens with two attached hydrogens (primary N) is 1. The first-order chi connectivity index (χ1) is 3.33. The van der Waals surface area contributed by atoms with Crippen molar-refractivity contribution in [2.45, 2.75) is 0 Å². The fourth-order valence-electron chi connectivity index (χ4n) is 0. The van der Waals surface area contributed by atoms with Gasteiger partial charge < -0.3 is 5.73 Å². The lowest BCUT2D eigenvalue weighted by atomic mass is 10.7. The lowest BCUT2D eigenvalue weighted by molar-refractivity contribution is 1.26. The van der Waals surface area contributed by atoms with Gasteiger partial charge in [0.05, 0.1) is 5.16 Å². The quantitative estimate of drug-likeness (QED) is 0.337. The van der Waals surface area contributed by atoms with Gasteiger partial charge in [0.25, 0.3) is 0 Å². The number of isothiocyanates is 1. The van der Waals surface area contributed by atoms with E-state index in [1.807, 2.05) is 0 Å². The van der Waals surface area contributed by atoms with Gasteiger partial charge in [-0.15, -0.1) is 19.0 Å². The van der Waals surface area contributed by atoms with Crippen LogP contribution in [0.4, 0.5) is 0 Å². The van der Waals surface area contributed by atoms with E-state index in [2.05, 4.69) is 18.8 Å². The Balaban J connectivity index is -0.0000000575. The SMILES string of the molecule is C=CCN.Cl.N=C=S. The molecule has 48 valence electrons. The van der Waals surface area contributed by atoms with Gasteiger partial charge in [-0.2, -0.15) is 0 Å². The highest BCUT2D eigenvalue weighted by Gasteiger charge is 1.43. The molecule has 0 aromatic heterocycles. The fraction of sp³-hybridized carbons (Fsp3) is 0.250. The molecule has 3 N–H and O–H groups in total. The van der Waals surface area contributed by atoms with Crippen molar-refractivity contribution in [2.24, 2.45) is 5.73 Å². The van der Waals surface area contributed by atoms with Crippen molar-refractivity contribution in [3.63, 3.8) is 0 Å². The number of hydrogen-bond donors (Lipinski definition) is 2. The molecule has 0 radical (unpaired) electrons. The van der Waals surface area contributed by atoms with Crippen molar-refractivity contribution in [3.8, 4) is 0 Å². The van der Waals surface area contributed by atoms with E-state index in [0.717, 1.165) is 0 Å². The zero-order valence-electron chi connectivity index (χ0n) is 4.39. The highest BCUT2D eigenvalue weighted by atomic mass is 35.5.